The number of aryl methyl sites for hydroxylation is 2. The molecule has 4 heteroatoms. The van der Waals surface area contributed by atoms with Gasteiger partial charge in [-0.2, -0.15) is 5.10 Å². The molecule has 0 atom stereocenters. The molecule has 0 spiro atoms. The van der Waals surface area contributed by atoms with E-state index in [1.165, 1.54) is 0 Å². The predicted octanol–water partition coefficient (Wildman–Crippen LogP) is 1.56. The van der Waals surface area contributed by atoms with Gasteiger partial charge in [-0.3, -0.25) is 14.5 Å². The Balaban J connectivity index is 1.82. The zero-order valence-electron chi connectivity index (χ0n) is 9.84. The smallest absolute Gasteiger partial charge is 0.137 e. The molecule has 0 unspecified atom stereocenters. The van der Waals surface area contributed by atoms with Crippen molar-refractivity contribution in [3.05, 3.63) is 48.0 Å². The Kier molecular flexibility index (Phi) is 3.65. The lowest BCUT2D eigenvalue weighted by atomic mass is 10.1. The Hall–Kier alpha value is -1.97. The number of carbonyl (C=O) groups is 1. The van der Waals surface area contributed by atoms with Crippen LogP contribution in [-0.2, 0) is 24.7 Å². The Morgan fingerprint density at radius 2 is 2.06 bits per heavy atom. The SMILES string of the molecule is Cn1cc(CCC(=O)Cc2ccncc2)cn1. The van der Waals surface area contributed by atoms with Crippen LogP contribution in [0.3, 0.4) is 0 Å². The van der Waals surface area contributed by atoms with E-state index >= 15 is 0 Å². The number of aromatic nitrogens is 3. The first-order valence-corrected chi connectivity index (χ1v) is 5.62. The lowest BCUT2D eigenvalue weighted by Gasteiger charge is -1.99. The number of pyridine rings is 1. The first-order chi connectivity index (χ1) is 8.24. The van der Waals surface area contributed by atoms with Gasteiger partial charge in [0.2, 0.25) is 0 Å². The van der Waals surface area contributed by atoms with E-state index in [0.717, 1.165) is 17.5 Å². The van der Waals surface area contributed by atoms with Crippen molar-refractivity contribution < 1.29 is 4.79 Å². The maximum Gasteiger partial charge on any atom is 0.137 e. The average molecular weight is 229 g/mol. The van der Waals surface area contributed by atoms with Crippen LogP contribution in [0.1, 0.15) is 17.5 Å². The van der Waals surface area contributed by atoms with Crippen LogP contribution in [0, 0.1) is 0 Å². The molecule has 0 saturated carbocycles. The highest BCUT2D eigenvalue weighted by Gasteiger charge is 2.05. The molecule has 4 nitrogen and oxygen atoms in total. The van der Waals surface area contributed by atoms with Gasteiger partial charge in [0.1, 0.15) is 5.78 Å². The van der Waals surface area contributed by atoms with Crippen molar-refractivity contribution in [2.24, 2.45) is 7.05 Å². The van der Waals surface area contributed by atoms with Crippen molar-refractivity contribution in [2.75, 3.05) is 0 Å². The number of ketones is 1. The Morgan fingerprint density at radius 1 is 1.29 bits per heavy atom. The molecule has 2 aromatic heterocycles. The molecule has 0 aromatic carbocycles. The molecule has 0 radical (unpaired) electrons. The molecule has 2 rings (SSSR count). The summed E-state index contributed by atoms with van der Waals surface area (Å²) < 4.78 is 1.75. The molecule has 2 heterocycles. The van der Waals surface area contributed by atoms with Gasteiger partial charge in [0.05, 0.1) is 6.20 Å². The third kappa shape index (κ3) is 3.52. The van der Waals surface area contributed by atoms with E-state index in [9.17, 15) is 4.79 Å². The standard InChI is InChI=1S/C13H15N3O/c1-16-10-12(9-15-16)2-3-13(17)8-11-4-6-14-7-5-11/h4-7,9-10H,2-3,8H2,1H3. The van der Waals surface area contributed by atoms with Crippen LogP contribution >= 0.6 is 0 Å². The number of rotatable bonds is 5. The topological polar surface area (TPSA) is 47.8 Å². The Bertz CT molecular complexity index is 490. The molecule has 2 aromatic rings. The fourth-order valence-corrected chi connectivity index (χ4v) is 1.70. The zero-order chi connectivity index (χ0) is 12.1. The third-order valence-electron chi connectivity index (χ3n) is 2.60. The van der Waals surface area contributed by atoms with Crippen LogP contribution in [0.4, 0.5) is 0 Å². The summed E-state index contributed by atoms with van der Waals surface area (Å²) in [5, 5.41) is 4.08. The first kappa shape index (κ1) is 11.5. The highest BCUT2D eigenvalue weighted by Crippen LogP contribution is 2.05. The minimum absolute atomic E-state index is 0.250. The van der Waals surface area contributed by atoms with Crippen molar-refractivity contribution in [1.29, 1.82) is 0 Å². The highest BCUT2D eigenvalue weighted by atomic mass is 16.1. The molecule has 0 saturated heterocycles. The first-order valence-electron chi connectivity index (χ1n) is 5.62. The largest absolute Gasteiger partial charge is 0.299 e. The summed E-state index contributed by atoms with van der Waals surface area (Å²) in [5.74, 6) is 0.250. The third-order valence-corrected chi connectivity index (χ3v) is 2.60. The molecular formula is C13H15N3O. The number of nitrogens with zero attached hydrogens (tertiary/aromatic N) is 3. The van der Waals surface area contributed by atoms with E-state index in [2.05, 4.69) is 10.1 Å². The summed E-state index contributed by atoms with van der Waals surface area (Å²) in [6, 6.07) is 3.75. The molecule has 0 aliphatic carbocycles. The van der Waals surface area contributed by atoms with Crippen LogP contribution < -0.4 is 0 Å². The lowest BCUT2D eigenvalue weighted by molar-refractivity contribution is -0.118. The lowest BCUT2D eigenvalue weighted by Crippen LogP contribution is -2.04. The van der Waals surface area contributed by atoms with Crippen molar-refractivity contribution in [2.45, 2.75) is 19.3 Å². The maximum atomic E-state index is 11.7. The summed E-state index contributed by atoms with van der Waals surface area (Å²) in [4.78, 5) is 15.7. The monoisotopic (exact) mass is 229 g/mol. The quantitative estimate of drug-likeness (QED) is 0.781. The number of hydrogen-bond donors (Lipinski definition) is 0. The van der Waals surface area contributed by atoms with E-state index in [-0.39, 0.29) is 5.78 Å². The molecule has 0 aliphatic heterocycles. The minimum Gasteiger partial charge on any atom is -0.299 e. The second kappa shape index (κ2) is 5.39. The Labute approximate surface area is 100 Å². The molecule has 88 valence electrons. The second-order valence-electron chi connectivity index (χ2n) is 4.09. The molecular weight excluding hydrogens is 214 g/mol. The molecule has 0 aliphatic rings. The van der Waals surface area contributed by atoms with Gasteiger partial charge < -0.3 is 0 Å². The van der Waals surface area contributed by atoms with Gasteiger partial charge in [-0.25, -0.2) is 0 Å². The van der Waals surface area contributed by atoms with E-state index in [4.69, 9.17) is 0 Å². The van der Waals surface area contributed by atoms with Gasteiger partial charge >= 0.3 is 0 Å². The van der Waals surface area contributed by atoms with E-state index in [1.807, 2.05) is 25.4 Å². The van der Waals surface area contributed by atoms with E-state index < -0.39 is 0 Å². The average Bonchev–Trinajstić information content (AvgIpc) is 2.74. The Morgan fingerprint density at radius 3 is 2.71 bits per heavy atom. The van der Waals surface area contributed by atoms with Crippen LogP contribution in [0.5, 0.6) is 0 Å². The van der Waals surface area contributed by atoms with Gasteiger partial charge in [0.25, 0.3) is 0 Å². The summed E-state index contributed by atoms with van der Waals surface area (Å²) in [5.41, 5.74) is 2.13. The number of carbonyl (C=O) groups excluding carboxylic acids is 1. The van der Waals surface area contributed by atoms with Crippen LogP contribution in [0.2, 0.25) is 0 Å². The van der Waals surface area contributed by atoms with Crippen LogP contribution in [0.25, 0.3) is 0 Å². The highest BCUT2D eigenvalue weighted by molar-refractivity contribution is 5.80. The van der Waals surface area contributed by atoms with Crippen molar-refractivity contribution in [3.8, 4) is 0 Å². The summed E-state index contributed by atoms with van der Waals surface area (Å²) >= 11 is 0. The summed E-state index contributed by atoms with van der Waals surface area (Å²) in [6.45, 7) is 0. The molecule has 0 amide bonds. The molecule has 0 bridgehead atoms. The van der Waals surface area contributed by atoms with Crippen molar-refractivity contribution in [3.63, 3.8) is 0 Å². The second-order valence-corrected chi connectivity index (χ2v) is 4.09. The fourth-order valence-electron chi connectivity index (χ4n) is 1.70. The molecule has 0 N–H and O–H groups in total. The maximum absolute atomic E-state index is 11.7. The molecule has 0 fully saturated rings. The summed E-state index contributed by atoms with van der Waals surface area (Å²) in [6.07, 6.45) is 8.99. The van der Waals surface area contributed by atoms with E-state index in [0.29, 0.717) is 12.8 Å². The minimum atomic E-state index is 0.250. The van der Waals surface area contributed by atoms with Crippen molar-refractivity contribution >= 4 is 5.78 Å². The van der Waals surface area contributed by atoms with Crippen LogP contribution in [0.15, 0.2) is 36.9 Å². The van der Waals surface area contributed by atoms with Gasteiger partial charge in [-0.1, -0.05) is 0 Å². The van der Waals surface area contributed by atoms with Gasteiger partial charge in [-0.05, 0) is 29.7 Å². The predicted molar refractivity (Wildman–Crippen MR) is 64.5 cm³/mol. The van der Waals surface area contributed by atoms with Gasteiger partial charge in [-0.15, -0.1) is 0 Å². The number of Topliss-reactive ketones (excluding diaryl/α,β-unsaturated/α-hetero) is 1. The fraction of sp³-hybridized carbons (Fsp3) is 0.308. The number of hydrogen-bond acceptors (Lipinski definition) is 3. The van der Waals surface area contributed by atoms with Gasteiger partial charge in [0, 0.05) is 38.5 Å². The van der Waals surface area contributed by atoms with Crippen molar-refractivity contribution in [1.82, 2.24) is 14.8 Å². The van der Waals surface area contributed by atoms with Gasteiger partial charge in [0.15, 0.2) is 0 Å². The summed E-state index contributed by atoms with van der Waals surface area (Å²) in [7, 11) is 1.88. The van der Waals surface area contributed by atoms with Crippen LogP contribution in [-0.4, -0.2) is 20.5 Å². The zero-order valence-corrected chi connectivity index (χ0v) is 9.84. The van der Waals surface area contributed by atoms with E-state index in [1.54, 1.807) is 23.3 Å². The molecule has 17 heavy (non-hydrogen) atoms. The normalized spacial score (nSPS) is 10.4.